The fourth-order valence-electron chi connectivity index (χ4n) is 1.18. The summed E-state index contributed by atoms with van der Waals surface area (Å²) in [7, 11) is 3.45. The van der Waals surface area contributed by atoms with Crippen molar-refractivity contribution in [2.75, 3.05) is 19.8 Å². The van der Waals surface area contributed by atoms with Crippen LogP contribution in [0.5, 0.6) is 0 Å². The Balaban J connectivity index is 2.12. The maximum atomic E-state index is 11.4. The van der Waals surface area contributed by atoms with Crippen molar-refractivity contribution in [1.29, 1.82) is 0 Å². The van der Waals surface area contributed by atoms with Gasteiger partial charge in [-0.15, -0.1) is 0 Å². The highest BCUT2D eigenvalue weighted by Gasteiger charge is 2.09. The minimum Gasteiger partial charge on any atom is -0.348 e. The van der Waals surface area contributed by atoms with Crippen molar-refractivity contribution in [3.63, 3.8) is 0 Å². The van der Waals surface area contributed by atoms with Crippen molar-refractivity contribution in [3.8, 4) is 0 Å². The fourth-order valence-corrected chi connectivity index (χ4v) is 2.19. The molecule has 0 saturated heterocycles. The van der Waals surface area contributed by atoms with Crippen molar-refractivity contribution >= 4 is 40.4 Å². The van der Waals surface area contributed by atoms with E-state index in [1.54, 1.807) is 31.3 Å². The molecule has 0 spiro atoms. The third kappa shape index (κ3) is 2.89. The van der Waals surface area contributed by atoms with Crippen molar-refractivity contribution < 1.29 is 4.79 Å². The maximum absolute atomic E-state index is 11.4. The Morgan fingerprint density at radius 3 is 3.06 bits per heavy atom. The molecule has 2 aromatic heterocycles. The van der Waals surface area contributed by atoms with Crippen LogP contribution < -0.4 is 0 Å². The van der Waals surface area contributed by atoms with Crippen LogP contribution in [-0.4, -0.2) is 45.6 Å². The number of H-pyrrole nitrogens is 1. The number of aromatic amines is 1. The normalized spacial score (nSPS) is 10.8. The number of halogens is 1. The molecule has 2 aromatic rings. The van der Waals surface area contributed by atoms with Gasteiger partial charge in [0.1, 0.15) is 0 Å². The van der Waals surface area contributed by atoms with Crippen LogP contribution in [0.2, 0.25) is 5.02 Å². The second-order valence-electron chi connectivity index (χ2n) is 3.64. The predicted molar refractivity (Wildman–Crippen MR) is 68.3 cm³/mol. The maximum Gasteiger partial charge on any atom is 0.232 e. The molecule has 1 amide bonds. The highest BCUT2D eigenvalue weighted by Crippen LogP contribution is 2.20. The Hall–Kier alpha value is -1.27. The molecule has 7 heteroatoms. The molecule has 2 heterocycles. The number of hydrogen-bond acceptors (Lipinski definition) is 4. The highest BCUT2D eigenvalue weighted by molar-refractivity contribution is 7.99. The number of imidazole rings is 1. The number of aromatic nitrogens is 3. The molecule has 5 nitrogen and oxygen atoms in total. The average Bonchev–Trinajstić information content (AvgIpc) is 2.67. The number of nitrogens with one attached hydrogen (secondary N) is 1. The fraction of sp³-hybridized carbons (Fsp3) is 0.300. The lowest BCUT2D eigenvalue weighted by molar-refractivity contribution is -0.125. The summed E-state index contributed by atoms with van der Waals surface area (Å²) >= 11 is 7.17. The second-order valence-corrected chi connectivity index (χ2v) is 5.04. The second kappa shape index (κ2) is 4.93. The molecule has 2 rings (SSSR count). The summed E-state index contributed by atoms with van der Waals surface area (Å²) in [6.45, 7) is 0. The number of hydrogen-bond donors (Lipinski definition) is 1. The molecule has 0 aliphatic heterocycles. The van der Waals surface area contributed by atoms with E-state index in [1.807, 2.05) is 0 Å². The summed E-state index contributed by atoms with van der Waals surface area (Å²) < 4.78 is 0. The molecule has 0 aliphatic carbocycles. The van der Waals surface area contributed by atoms with Gasteiger partial charge < -0.3 is 9.88 Å². The molecule has 0 aromatic carbocycles. The molecular formula is C10H11ClN4OS. The zero-order valence-electron chi connectivity index (χ0n) is 9.40. The van der Waals surface area contributed by atoms with Gasteiger partial charge in [-0.3, -0.25) is 4.79 Å². The number of thioether (sulfide) groups is 1. The number of rotatable bonds is 3. The van der Waals surface area contributed by atoms with Gasteiger partial charge in [0.25, 0.3) is 0 Å². The van der Waals surface area contributed by atoms with E-state index in [4.69, 9.17) is 11.6 Å². The summed E-state index contributed by atoms with van der Waals surface area (Å²) in [5.74, 6) is 0.391. The lowest BCUT2D eigenvalue weighted by Crippen LogP contribution is -2.23. The minimum absolute atomic E-state index is 0.0430. The quantitative estimate of drug-likeness (QED) is 0.864. The van der Waals surface area contributed by atoms with Crippen LogP contribution in [-0.2, 0) is 4.79 Å². The Labute approximate surface area is 108 Å². The third-order valence-corrected chi connectivity index (χ3v) is 3.18. The van der Waals surface area contributed by atoms with Gasteiger partial charge >= 0.3 is 0 Å². The number of carbonyl (C=O) groups excluding carboxylic acids is 1. The first-order valence-electron chi connectivity index (χ1n) is 4.90. The average molecular weight is 271 g/mol. The Kier molecular flexibility index (Phi) is 3.54. The minimum atomic E-state index is 0.0430. The first-order valence-corrected chi connectivity index (χ1v) is 6.27. The topological polar surface area (TPSA) is 61.9 Å². The van der Waals surface area contributed by atoms with E-state index in [0.29, 0.717) is 21.6 Å². The van der Waals surface area contributed by atoms with Crippen molar-refractivity contribution in [2.24, 2.45) is 0 Å². The summed E-state index contributed by atoms with van der Waals surface area (Å²) in [6.07, 6.45) is 1.55. The van der Waals surface area contributed by atoms with Crippen LogP contribution >= 0.6 is 23.4 Å². The van der Waals surface area contributed by atoms with E-state index in [0.717, 1.165) is 5.52 Å². The van der Waals surface area contributed by atoms with Crippen LogP contribution in [0.1, 0.15) is 0 Å². The Morgan fingerprint density at radius 1 is 1.59 bits per heavy atom. The molecule has 90 valence electrons. The molecule has 0 aliphatic rings. The van der Waals surface area contributed by atoms with Crippen LogP contribution in [0, 0.1) is 0 Å². The van der Waals surface area contributed by atoms with Crippen LogP contribution in [0.4, 0.5) is 0 Å². The number of amides is 1. The van der Waals surface area contributed by atoms with E-state index in [2.05, 4.69) is 15.0 Å². The van der Waals surface area contributed by atoms with Crippen molar-refractivity contribution in [1.82, 2.24) is 19.9 Å². The zero-order chi connectivity index (χ0) is 12.4. The molecule has 0 bridgehead atoms. The van der Waals surface area contributed by atoms with Gasteiger partial charge in [0.05, 0.1) is 16.3 Å². The number of pyridine rings is 1. The van der Waals surface area contributed by atoms with Crippen molar-refractivity contribution in [3.05, 3.63) is 17.3 Å². The first-order chi connectivity index (χ1) is 8.06. The molecule has 0 unspecified atom stereocenters. The van der Waals surface area contributed by atoms with E-state index in [-0.39, 0.29) is 5.91 Å². The van der Waals surface area contributed by atoms with Gasteiger partial charge in [-0.05, 0) is 6.07 Å². The molecule has 0 radical (unpaired) electrons. The predicted octanol–water partition coefficient (Wildman–Crippen LogP) is 1.79. The summed E-state index contributed by atoms with van der Waals surface area (Å²) in [4.78, 5) is 24.4. The van der Waals surface area contributed by atoms with E-state index in [1.165, 1.54) is 11.8 Å². The van der Waals surface area contributed by atoms with Crippen molar-refractivity contribution in [2.45, 2.75) is 5.16 Å². The van der Waals surface area contributed by atoms with Gasteiger partial charge in [-0.1, -0.05) is 23.4 Å². The molecule has 17 heavy (non-hydrogen) atoms. The lowest BCUT2D eigenvalue weighted by atomic mass is 10.4. The molecule has 0 atom stereocenters. The zero-order valence-corrected chi connectivity index (χ0v) is 11.0. The largest absolute Gasteiger partial charge is 0.348 e. The molecule has 1 N–H and O–H groups in total. The van der Waals surface area contributed by atoms with E-state index < -0.39 is 0 Å². The summed E-state index contributed by atoms with van der Waals surface area (Å²) in [5.41, 5.74) is 1.38. The van der Waals surface area contributed by atoms with Gasteiger partial charge in [0.2, 0.25) is 5.91 Å². The van der Waals surface area contributed by atoms with Crippen LogP contribution in [0.3, 0.4) is 0 Å². The van der Waals surface area contributed by atoms with Gasteiger partial charge in [0, 0.05) is 20.3 Å². The third-order valence-electron chi connectivity index (χ3n) is 2.11. The number of nitrogens with zero attached hydrogens (tertiary/aromatic N) is 3. The van der Waals surface area contributed by atoms with E-state index >= 15 is 0 Å². The van der Waals surface area contributed by atoms with Gasteiger partial charge in [-0.2, -0.15) is 0 Å². The Morgan fingerprint density at radius 2 is 2.35 bits per heavy atom. The van der Waals surface area contributed by atoms with Crippen LogP contribution in [0.25, 0.3) is 11.2 Å². The molecule has 0 saturated carbocycles. The SMILES string of the molecule is CN(C)C(=O)CSc1nc2ncc(Cl)cc2[nH]1. The molecular weight excluding hydrogens is 260 g/mol. The number of fused-ring (bicyclic) bond motifs is 1. The number of carbonyl (C=O) groups is 1. The smallest absolute Gasteiger partial charge is 0.232 e. The standard InChI is InChI=1S/C10H11ClN4OS/c1-15(2)8(16)5-17-10-13-7-3-6(11)4-12-9(7)14-10/h3-4H,5H2,1-2H3,(H,12,13,14). The highest BCUT2D eigenvalue weighted by atomic mass is 35.5. The van der Waals surface area contributed by atoms with Gasteiger partial charge in [0.15, 0.2) is 10.8 Å². The van der Waals surface area contributed by atoms with Crippen LogP contribution in [0.15, 0.2) is 17.4 Å². The first kappa shape index (κ1) is 12.2. The van der Waals surface area contributed by atoms with E-state index in [9.17, 15) is 4.79 Å². The lowest BCUT2D eigenvalue weighted by Gasteiger charge is -2.07. The summed E-state index contributed by atoms with van der Waals surface area (Å²) in [5, 5.41) is 1.23. The monoisotopic (exact) mass is 270 g/mol. The molecule has 0 fully saturated rings. The summed E-state index contributed by atoms with van der Waals surface area (Å²) in [6, 6.07) is 1.76. The Bertz CT molecular complexity index is 554. The van der Waals surface area contributed by atoms with Gasteiger partial charge in [-0.25, -0.2) is 9.97 Å².